The molecule has 1 aromatic rings. The van der Waals surface area contributed by atoms with Gasteiger partial charge in [0.1, 0.15) is 12.3 Å². The third-order valence-corrected chi connectivity index (χ3v) is 4.51. The molecular weight excluding hydrogens is 316 g/mol. The van der Waals surface area contributed by atoms with Gasteiger partial charge in [-0.1, -0.05) is 25.5 Å². The molecule has 0 unspecified atom stereocenters. The van der Waals surface area contributed by atoms with Gasteiger partial charge >= 0.3 is 0 Å². The molecule has 0 heterocycles. The van der Waals surface area contributed by atoms with Gasteiger partial charge in [-0.2, -0.15) is 0 Å². The van der Waals surface area contributed by atoms with Gasteiger partial charge in [-0.05, 0) is 25.5 Å². The summed E-state index contributed by atoms with van der Waals surface area (Å²) in [4.78, 5) is 13.9. The molecule has 1 rings (SSSR count). The van der Waals surface area contributed by atoms with Crippen LogP contribution in [0.5, 0.6) is 5.75 Å². The summed E-state index contributed by atoms with van der Waals surface area (Å²) in [5.41, 5.74) is 0.383. The fraction of sp³-hybridized carbons (Fsp3) is 0.562. The normalized spacial score (nSPS) is 11.1. The highest BCUT2D eigenvalue weighted by Gasteiger charge is 2.25. The third kappa shape index (κ3) is 5.74. The number of sulfonamides is 1. The van der Waals surface area contributed by atoms with E-state index >= 15 is 0 Å². The summed E-state index contributed by atoms with van der Waals surface area (Å²) in [6.45, 7) is 4.66. The number of hydrogen-bond donors (Lipinski definition) is 0. The molecule has 0 aliphatic rings. The van der Waals surface area contributed by atoms with Gasteiger partial charge in [0.2, 0.25) is 15.9 Å². The number of unbranched alkanes of at least 4 members (excludes halogenated alkanes) is 1. The number of rotatable bonds is 9. The Morgan fingerprint density at radius 2 is 1.87 bits per heavy atom. The van der Waals surface area contributed by atoms with Gasteiger partial charge < -0.3 is 9.64 Å². The minimum Gasteiger partial charge on any atom is -0.492 e. The van der Waals surface area contributed by atoms with E-state index in [4.69, 9.17) is 4.74 Å². The molecule has 0 bridgehead atoms. The third-order valence-electron chi connectivity index (χ3n) is 3.39. The van der Waals surface area contributed by atoms with Crippen LogP contribution < -0.4 is 9.04 Å². The fourth-order valence-corrected chi connectivity index (χ4v) is 2.94. The molecule has 130 valence electrons. The number of amides is 1. The second-order valence-corrected chi connectivity index (χ2v) is 7.25. The minimum absolute atomic E-state index is 0.233. The largest absolute Gasteiger partial charge is 0.492 e. The molecule has 0 saturated heterocycles. The van der Waals surface area contributed by atoms with Gasteiger partial charge in [0.25, 0.3) is 0 Å². The average Bonchev–Trinajstić information content (AvgIpc) is 2.50. The number of para-hydroxylation sites is 2. The van der Waals surface area contributed by atoms with Crippen LogP contribution in [0.15, 0.2) is 24.3 Å². The number of benzene rings is 1. The molecule has 1 aromatic carbocycles. The van der Waals surface area contributed by atoms with Gasteiger partial charge in [-0.15, -0.1) is 0 Å². The maximum atomic E-state index is 12.3. The van der Waals surface area contributed by atoms with Crippen molar-refractivity contribution >= 4 is 21.6 Å². The fourth-order valence-electron chi connectivity index (χ4n) is 2.09. The summed E-state index contributed by atoms with van der Waals surface area (Å²) < 4.78 is 30.9. The monoisotopic (exact) mass is 342 g/mol. The zero-order valence-corrected chi connectivity index (χ0v) is 15.1. The lowest BCUT2D eigenvalue weighted by molar-refractivity contribution is -0.128. The van der Waals surface area contributed by atoms with E-state index in [1.807, 2.05) is 13.8 Å². The molecule has 0 aliphatic heterocycles. The van der Waals surface area contributed by atoms with Crippen LogP contribution in [0.1, 0.15) is 26.7 Å². The molecule has 6 nitrogen and oxygen atoms in total. The molecular formula is C16H26N2O4S. The SMILES string of the molecule is CCCCN(C)C(=O)CN(c1ccccc1OCC)S(C)(=O)=O. The van der Waals surface area contributed by atoms with E-state index in [0.29, 0.717) is 24.6 Å². The summed E-state index contributed by atoms with van der Waals surface area (Å²) in [7, 11) is -1.91. The van der Waals surface area contributed by atoms with E-state index in [1.54, 1.807) is 36.2 Å². The Labute approximate surface area is 139 Å². The molecule has 0 fully saturated rings. The van der Waals surface area contributed by atoms with E-state index in [1.165, 1.54) is 0 Å². The van der Waals surface area contributed by atoms with Crippen LogP contribution in [-0.2, 0) is 14.8 Å². The molecule has 0 saturated carbocycles. The maximum absolute atomic E-state index is 12.3. The van der Waals surface area contributed by atoms with Crippen molar-refractivity contribution in [1.29, 1.82) is 0 Å². The van der Waals surface area contributed by atoms with Crippen molar-refractivity contribution < 1.29 is 17.9 Å². The van der Waals surface area contributed by atoms with Gasteiger partial charge in [-0.3, -0.25) is 9.10 Å². The number of nitrogens with zero attached hydrogens (tertiary/aromatic N) is 2. The number of hydrogen-bond acceptors (Lipinski definition) is 4. The summed E-state index contributed by atoms with van der Waals surface area (Å²) in [6.07, 6.45) is 2.95. The average molecular weight is 342 g/mol. The quantitative estimate of drug-likeness (QED) is 0.689. The van der Waals surface area contributed by atoms with Crippen molar-refractivity contribution in [2.45, 2.75) is 26.7 Å². The highest BCUT2D eigenvalue weighted by molar-refractivity contribution is 7.92. The molecule has 0 aromatic heterocycles. The number of ether oxygens (including phenoxy) is 1. The Morgan fingerprint density at radius 1 is 1.22 bits per heavy atom. The van der Waals surface area contributed by atoms with Crippen molar-refractivity contribution in [2.75, 3.05) is 37.3 Å². The van der Waals surface area contributed by atoms with E-state index in [-0.39, 0.29) is 12.5 Å². The van der Waals surface area contributed by atoms with E-state index in [0.717, 1.165) is 23.4 Å². The topological polar surface area (TPSA) is 66.9 Å². The molecule has 0 aliphatic carbocycles. The van der Waals surface area contributed by atoms with Crippen LogP contribution in [0.3, 0.4) is 0 Å². The molecule has 7 heteroatoms. The Hall–Kier alpha value is -1.76. The lowest BCUT2D eigenvalue weighted by Crippen LogP contribution is -2.41. The van der Waals surface area contributed by atoms with Crippen molar-refractivity contribution in [3.63, 3.8) is 0 Å². The van der Waals surface area contributed by atoms with Crippen molar-refractivity contribution in [2.24, 2.45) is 0 Å². The summed E-state index contributed by atoms with van der Waals surface area (Å²) >= 11 is 0. The number of carbonyl (C=O) groups excluding carboxylic acids is 1. The van der Waals surface area contributed by atoms with Crippen molar-refractivity contribution in [3.05, 3.63) is 24.3 Å². The Balaban J connectivity index is 3.06. The molecule has 0 atom stereocenters. The summed E-state index contributed by atoms with van der Waals surface area (Å²) in [5.74, 6) is 0.208. The van der Waals surface area contributed by atoms with Gasteiger partial charge in [-0.25, -0.2) is 8.42 Å². The molecule has 0 spiro atoms. The summed E-state index contributed by atoms with van der Waals surface area (Å²) in [5, 5.41) is 0. The Morgan fingerprint density at radius 3 is 2.43 bits per heavy atom. The smallest absolute Gasteiger partial charge is 0.243 e. The van der Waals surface area contributed by atoms with Crippen LogP contribution in [0.4, 0.5) is 5.69 Å². The Kier molecular flexibility index (Phi) is 7.35. The second kappa shape index (κ2) is 8.76. The van der Waals surface area contributed by atoms with Crippen LogP contribution in [0.25, 0.3) is 0 Å². The maximum Gasteiger partial charge on any atom is 0.243 e. The molecule has 0 radical (unpaired) electrons. The first-order chi connectivity index (χ1) is 10.8. The van der Waals surface area contributed by atoms with E-state index in [9.17, 15) is 13.2 Å². The first kappa shape index (κ1) is 19.3. The van der Waals surface area contributed by atoms with Gasteiger partial charge in [0.15, 0.2) is 0 Å². The highest BCUT2D eigenvalue weighted by atomic mass is 32.2. The first-order valence-electron chi connectivity index (χ1n) is 7.74. The zero-order chi connectivity index (χ0) is 17.5. The predicted molar refractivity (Wildman–Crippen MR) is 92.3 cm³/mol. The second-order valence-electron chi connectivity index (χ2n) is 5.34. The zero-order valence-electron chi connectivity index (χ0n) is 14.3. The number of anilines is 1. The highest BCUT2D eigenvalue weighted by Crippen LogP contribution is 2.29. The standard InChI is InChI=1S/C16H26N2O4S/c1-5-7-12-17(3)16(19)13-18(23(4,20)21)14-10-8-9-11-15(14)22-6-2/h8-11H,5-7,12-13H2,1-4H3. The van der Waals surface area contributed by atoms with Gasteiger partial charge in [0, 0.05) is 13.6 Å². The van der Waals surface area contributed by atoms with Gasteiger partial charge in [0.05, 0.1) is 18.6 Å². The first-order valence-corrected chi connectivity index (χ1v) is 9.59. The number of carbonyl (C=O) groups is 1. The number of likely N-dealkylation sites (N-methyl/N-ethyl adjacent to an activating group) is 1. The molecule has 0 N–H and O–H groups in total. The van der Waals surface area contributed by atoms with Crippen molar-refractivity contribution in [1.82, 2.24) is 4.90 Å². The predicted octanol–water partition coefficient (Wildman–Crippen LogP) is 2.11. The van der Waals surface area contributed by atoms with Crippen LogP contribution in [0.2, 0.25) is 0 Å². The van der Waals surface area contributed by atoms with E-state index in [2.05, 4.69) is 0 Å². The lowest BCUT2D eigenvalue weighted by Gasteiger charge is -2.26. The molecule has 23 heavy (non-hydrogen) atoms. The summed E-state index contributed by atoms with van der Waals surface area (Å²) in [6, 6.07) is 6.83. The van der Waals surface area contributed by atoms with Crippen LogP contribution in [-0.4, -0.2) is 52.2 Å². The van der Waals surface area contributed by atoms with Crippen LogP contribution >= 0.6 is 0 Å². The van der Waals surface area contributed by atoms with Crippen LogP contribution in [0, 0.1) is 0 Å². The lowest BCUT2D eigenvalue weighted by atomic mass is 10.3. The van der Waals surface area contributed by atoms with Crippen molar-refractivity contribution in [3.8, 4) is 5.75 Å². The van der Waals surface area contributed by atoms with E-state index < -0.39 is 10.0 Å². The minimum atomic E-state index is -3.60. The Bertz CT molecular complexity index is 616. The molecule has 1 amide bonds.